The van der Waals surface area contributed by atoms with Crippen LogP contribution in [-0.2, 0) is 11.8 Å². The van der Waals surface area contributed by atoms with E-state index in [0.29, 0.717) is 0 Å². The van der Waals surface area contributed by atoms with Crippen LogP contribution in [0, 0.1) is 11.3 Å². The summed E-state index contributed by atoms with van der Waals surface area (Å²) in [5.41, 5.74) is 1.97. The average Bonchev–Trinajstić information content (AvgIpc) is 2.83. The SMILES string of the molecule is COc1ccc(Cc2nc(C(C)(C)C)c(C#N)s2)cc1. The molecule has 0 amide bonds. The fourth-order valence-electron chi connectivity index (χ4n) is 1.94. The second-order valence-corrected chi connectivity index (χ2v) is 6.76. The molecule has 0 fully saturated rings. The van der Waals surface area contributed by atoms with Crippen LogP contribution < -0.4 is 4.74 Å². The van der Waals surface area contributed by atoms with E-state index in [1.807, 2.05) is 24.3 Å². The summed E-state index contributed by atoms with van der Waals surface area (Å²) in [5, 5.41) is 10.2. The van der Waals surface area contributed by atoms with Crippen molar-refractivity contribution in [2.45, 2.75) is 32.6 Å². The number of thiazole rings is 1. The molecule has 1 aromatic carbocycles. The molecule has 0 unspecified atom stereocenters. The molecule has 0 aliphatic heterocycles. The Morgan fingerprint density at radius 2 is 1.90 bits per heavy atom. The van der Waals surface area contributed by atoms with Crippen LogP contribution in [-0.4, -0.2) is 12.1 Å². The fraction of sp³-hybridized carbons (Fsp3) is 0.375. The molecule has 20 heavy (non-hydrogen) atoms. The van der Waals surface area contributed by atoms with Gasteiger partial charge in [-0.2, -0.15) is 5.26 Å². The molecule has 0 saturated carbocycles. The normalized spacial score (nSPS) is 11.2. The Balaban J connectivity index is 2.26. The van der Waals surface area contributed by atoms with Gasteiger partial charge < -0.3 is 4.74 Å². The minimum Gasteiger partial charge on any atom is -0.497 e. The third kappa shape index (κ3) is 3.17. The van der Waals surface area contributed by atoms with Crippen LogP contribution in [0.2, 0.25) is 0 Å². The van der Waals surface area contributed by atoms with Gasteiger partial charge in [0, 0.05) is 11.8 Å². The monoisotopic (exact) mass is 286 g/mol. The van der Waals surface area contributed by atoms with E-state index >= 15 is 0 Å². The molecule has 3 nitrogen and oxygen atoms in total. The quantitative estimate of drug-likeness (QED) is 0.859. The molecule has 104 valence electrons. The van der Waals surface area contributed by atoms with Crippen molar-refractivity contribution < 1.29 is 4.74 Å². The molecule has 0 N–H and O–H groups in total. The Morgan fingerprint density at radius 1 is 1.25 bits per heavy atom. The highest BCUT2D eigenvalue weighted by molar-refractivity contribution is 7.12. The first kappa shape index (κ1) is 14.5. The Labute approximate surface area is 123 Å². The van der Waals surface area contributed by atoms with Gasteiger partial charge in [0.25, 0.3) is 0 Å². The number of hydrogen-bond donors (Lipinski definition) is 0. The lowest BCUT2D eigenvalue weighted by atomic mass is 9.91. The first-order valence-electron chi connectivity index (χ1n) is 6.47. The third-order valence-corrected chi connectivity index (χ3v) is 3.96. The lowest BCUT2D eigenvalue weighted by molar-refractivity contribution is 0.414. The third-order valence-electron chi connectivity index (χ3n) is 3.00. The molecule has 1 heterocycles. The summed E-state index contributed by atoms with van der Waals surface area (Å²) >= 11 is 1.49. The van der Waals surface area contributed by atoms with Crippen LogP contribution >= 0.6 is 11.3 Å². The number of methoxy groups -OCH3 is 1. The summed E-state index contributed by atoms with van der Waals surface area (Å²) in [6.45, 7) is 6.25. The Hall–Kier alpha value is -1.86. The van der Waals surface area contributed by atoms with E-state index in [9.17, 15) is 5.26 Å². The van der Waals surface area contributed by atoms with Gasteiger partial charge in [0.2, 0.25) is 0 Å². The number of rotatable bonds is 3. The number of hydrogen-bond acceptors (Lipinski definition) is 4. The molecular weight excluding hydrogens is 268 g/mol. The summed E-state index contributed by atoms with van der Waals surface area (Å²) in [7, 11) is 1.66. The number of nitriles is 1. The minimum atomic E-state index is -0.0975. The van der Waals surface area contributed by atoms with Gasteiger partial charge in [0.1, 0.15) is 16.7 Å². The van der Waals surface area contributed by atoms with Crippen molar-refractivity contribution in [1.82, 2.24) is 4.98 Å². The molecule has 0 bridgehead atoms. The van der Waals surface area contributed by atoms with Gasteiger partial charge >= 0.3 is 0 Å². The molecule has 2 aromatic rings. The summed E-state index contributed by atoms with van der Waals surface area (Å²) in [5.74, 6) is 0.848. The zero-order chi connectivity index (χ0) is 14.8. The van der Waals surface area contributed by atoms with E-state index in [4.69, 9.17) is 4.74 Å². The van der Waals surface area contributed by atoms with Crippen molar-refractivity contribution in [3.05, 3.63) is 45.4 Å². The Bertz CT molecular complexity index is 630. The van der Waals surface area contributed by atoms with E-state index in [2.05, 4.69) is 31.8 Å². The van der Waals surface area contributed by atoms with Gasteiger partial charge in [0.05, 0.1) is 17.8 Å². The van der Waals surface area contributed by atoms with Crippen molar-refractivity contribution in [3.63, 3.8) is 0 Å². The van der Waals surface area contributed by atoms with Crippen molar-refractivity contribution in [3.8, 4) is 11.8 Å². The molecule has 0 spiro atoms. The summed E-state index contributed by atoms with van der Waals surface area (Å²) in [6.07, 6.45) is 0.749. The van der Waals surface area contributed by atoms with Crippen LogP contribution in [0.5, 0.6) is 5.75 Å². The zero-order valence-corrected chi connectivity index (χ0v) is 13.0. The number of ether oxygens (including phenoxy) is 1. The largest absolute Gasteiger partial charge is 0.497 e. The van der Waals surface area contributed by atoms with Gasteiger partial charge in [0.15, 0.2) is 0 Å². The first-order chi connectivity index (χ1) is 9.44. The Kier molecular flexibility index (Phi) is 4.10. The smallest absolute Gasteiger partial charge is 0.128 e. The highest BCUT2D eigenvalue weighted by atomic mass is 32.1. The van der Waals surface area contributed by atoms with E-state index in [1.165, 1.54) is 16.9 Å². The topological polar surface area (TPSA) is 45.9 Å². The molecule has 0 saturated heterocycles. The molecule has 0 aliphatic carbocycles. The van der Waals surface area contributed by atoms with Gasteiger partial charge in [-0.15, -0.1) is 11.3 Å². The molecule has 4 heteroatoms. The van der Waals surface area contributed by atoms with Crippen molar-refractivity contribution in [1.29, 1.82) is 5.26 Å². The predicted molar refractivity (Wildman–Crippen MR) is 81.3 cm³/mol. The summed E-state index contributed by atoms with van der Waals surface area (Å²) in [4.78, 5) is 5.38. The van der Waals surface area contributed by atoms with Crippen LogP contribution in [0.4, 0.5) is 0 Å². The van der Waals surface area contributed by atoms with E-state index in [1.54, 1.807) is 7.11 Å². The van der Waals surface area contributed by atoms with Gasteiger partial charge in [-0.1, -0.05) is 32.9 Å². The van der Waals surface area contributed by atoms with Crippen LogP contribution in [0.3, 0.4) is 0 Å². The lowest BCUT2D eigenvalue weighted by Gasteiger charge is -2.15. The number of aromatic nitrogens is 1. The Morgan fingerprint density at radius 3 is 2.35 bits per heavy atom. The van der Waals surface area contributed by atoms with Crippen molar-refractivity contribution in [2.75, 3.05) is 7.11 Å². The first-order valence-corrected chi connectivity index (χ1v) is 7.29. The summed E-state index contributed by atoms with van der Waals surface area (Å²) in [6, 6.07) is 10.2. The second-order valence-electron chi connectivity index (χ2n) is 5.67. The fourth-order valence-corrected chi connectivity index (χ4v) is 3.05. The zero-order valence-electron chi connectivity index (χ0n) is 12.2. The van der Waals surface area contributed by atoms with Gasteiger partial charge in [-0.25, -0.2) is 4.98 Å². The average molecular weight is 286 g/mol. The number of nitrogens with zero attached hydrogens (tertiary/aromatic N) is 2. The molecule has 2 rings (SSSR count). The van der Waals surface area contributed by atoms with Crippen LogP contribution in [0.25, 0.3) is 0 Å². The molecular formula is C16H18N2OS. The molecule has 1 aromatic heterocycles. The van der Waals surface area contributed by atoms with Crippen LogP contribution in [0.1, 0.15) is 41.9 Å². The van der Waals surface area contributed by atoms with Crippen molar-refractivity contribution >= 4 is 11.3 Å². The summed E-state index contributed by atoms with van der Waals surface area (Å²) < 4.78 is 5.15. The highest BCUT2D eigenvalue weighted by Gasteiger charge is 2.23. The maximum absolute atomic E-state index is 9.23. The van der Waals surface area contributed by atoms with E-state index in [0.717, 1.165) is 27.7 Å². The maximum atomic E-state index is 9.23. The van der Waals surface area contributed by atoms with Crippen LogP contribution in [0.15, 0.2) is 24.3 Å². The molecule has 0 aliphatic rings. The standard InChI is InChI=1S/C16H18N2OS/c1-16(2,3)15-13(10-17)20-14(18-15)9-11-5-7-12(19-4)8-6-11/h5-8H,9H2,1-4H3. The van der Waals surface area contributed by atoms with Gasteiger partial charge in [-0.05, 0) is 17.7 Å². The van der Waals surface area contributed by atoms with E-state index in [-0.39, 0.29) is 5.41 Å². The molecule has 0 atom stereocenters. The lowest BCUT2D eigenvalue weighted by Crippen LogP contribution is -2.13. The minimum absolute atomic E-state index is 0.0975. The second kappa shape index (κ2) is 5.64. The molecule has 0 radical (unpaired) electrons. The predicted octanol–water partition coefficient (Wildman–Crippen LogP) is 3.91. The van der Waals surface area contributed by atoms with Gasteiger partial charge in [-0.3, -0.25) is 0 Å². The van der Waals surface area contributed by atoms with E-state index < -0.39 is 0 Å². The maximum Gasteiger partial charge on any atom is 0.128 e. The highest BCUT2D eigenvalue weighted by Crippen LogP contribution is 2.30. The number of benzene rings is 1. The van der Waals surface area contributed by atoms with Crippen molar-refractivity contribution in [2.24, 2.45) is 0 Å².